The second-order valence-corrected chi connectivity index (χ2v) is 11.6. The van der Waals surface area contributed by atoms with Crippen molar-refractivity contribution in [2.75, 3.05) is 26.2 Å². The lowest BCUT2D eigenvalue weighted by Gasteiger charge is -2.59. The summed E-state index contributed by atoms with van der Waals surface area (Å²) < 4.78 is 13.4. The van der Waals surface area contributed by atoms with Crippen LogP contribution >= 0.6 is 0 Å². The first kappa shape index (κ1) is 26.7. The summed E-state index contributed by atoms with van der Waals surface area (Å²) in [6.07, 6.45) is 6.35. The molecule has 38 heavy (non-hydrogen) atoms. The average molecular weight is 522 g/mol. The van der Waals surface area contributed by atoms with E-state index in [4.69, 9.17) is 9.47 Å². The van der Waals surface area contributed by atoms with Gasteiger partial charge in [0.1, 0.15) is 22.8 Å². The molecule has 1 saturated carbocycles. The Morgan fingerprint density at radius 2 is 1.76 bits per heavy atom. The fourth-order valence-corrected chi connectivity index (χ4v) is 7.01. The largest absolute Gasteiger partial charge is 0.507 e. The number of fused-ring (bicyclic) bond motifs is 1. The number of phenols is 2. The number of Topliss-reactive ketones (excluding diaryl/α,β-unsaturated/α-hetero) is 2. The standard InChI is InChI=1S/C31H39NO6/c1-7-32(8-2)15-21-20-13-22-27(35)26-25(34)14-24(33)19(10-9-17(3)4)28(26)38-31(22)23(21)16-37-30(31,29(20)36)12-11-18(5)6/h9,11,13-14,20-21,23,33-34H,7-8,10,12,15-16H2,1-6H3/t20-,21+,23-,30+,31-/m1/s1. The van der Waals surface area contributed by atoms with E-state index in [1.165, 1.54) is 6.07 Å². The molecule has 0 unspecified atom stereocenters. The number of allylic oxidation sites excluding steroid dienone is 4. The Hall–Kier alpha value is -2.90. The zero-order valence-corrected chi connectivity index (χ0v) is 23.3. The number of phenolic OH excluding ortho intramolecular Hbond substituents is 2. The van der Waals surface area contributed by atoms with E-state index in [-0.39, 0.29) is 46.2 Å². The van der Waals surface area contributed by atoms with Gasteiger partial charge in [0.05, 0.1) is 6.61 Å². The Morgan fingerprint density at radius 3 is 2.39 bits per heavy atom. The summed E-state index contributed by atoms with van der Waals surface area (Å²) >= 11 is 0. The van der Waals surface area contributed by atoms with Crippen molar-refractivity contribution in [1.29, 1.82) is 0 Å². The third-order valence-electron chi connectivity index (χ3n) is 9.01. The molecule has 0 radical (unpaired) electrons. The van der Waals surface area contributed by atoms with Gasteiger partial charge in [-0.15, -0.1) is 0 Å². The van der Waals surface area contributed by atoms with Gasteiger partial charge in [0.25, 0.3) is 0 Å². The highest BCUT2D eigenvalue weighted by atomic mass is 16.6. The second kappa shape index (κ2) is 9.38. The molecule has 5 aliphatic rings. The number of hydrogen-bond donors (Lipinski definition) is 2. The molecule has 5 atom stereocenters. The molecule has 0 amide bonds. The summed E-state index contributed by atoms with van der Waals surface area (Å²) in [6.45, 7) is 14.8. The Bertz CT molecular complexity index is 1280. The highest BCUT2D eigenvalue weighted by molar-refractivity contribution is 6.18. The van der Waals surface area contributed by atoms with Crippen LogP contribution < -0.4 is 4.74 Å². The van der Waals surface area contributed by atoms with Gasteiger partial charge in [-0.3, -0.25) is 9.59 Å². The Balaban J connectivity index is 1.76. The Labute approximate surface area is 224 Å². The lowest BCUT2D eigenvalue weighted by molar-refractivity contribution is -0.171. The average Bonchev–Trinajstić information content (AvgIpc) is 3.14. The molecule has 1 aromatic rings. The van der Waals surface area contributed by atoms with Gasteiger partial charge in [0.15, 0.2) is 22.8 Å². The molecule has 3 aliphatic carbocycles. The maximum atomic E-state index is 14.3. The van der Waals surface area contributed by atoms with Crippen molar-refractivity contribution in [2.45, 2.75) is 65.6 Å². The normalized spacial score (nSPS) is 30.5. The van der Waals surface area contributed by atoms with Crippen molar-refractivity contribution in [3.63, 3.8) is 0 Å². The van der Waals surface area contributed by atoms with Gasteiger partial charge in [-0.05, 0) is 53.1 Å². The minimum absolute atomic E-state index is 0.0453. The van der Waals surface area contributed by atoms with Gasteiger partial charge in [-0.1, -0.05) is 43.2 Å². The molecule has 7 heteroatoms. The number of aromatic hydroxyl groups is 2. The van der Waals surface area contributed by atoms with Crippen molar-refractivity contribution in [1.82, 2.24) is 4.90 Å². The number of benzene rings is 1. The van der Waals surface area contributed by atoms with Crippen LogP contribution in [0.2, 0.25) is 0 Å². The highest BCUT2D eigenvalue weighted by Gasteiger charge is 2.79. The number of ketones is 2. The first-order valence-corrected chi connectivity index (χ1v) is 13.7. The van der Waals surface area contributed by atoms with Crippen molar-refractivity contribution in [3.05, 3.63) is 52.1 Å². The van der Waals surface area contributed by atoms with Crippen LogP contribution in [0.25, 0.3) is 0 Å². The van der Waals surface area contributed by atoms with Crippen LogP contribution in [0.4, 0.5) is 0 Å². The minimum atomic E-state index is -1.34. The molecule has 204 valence electrons. The minimum Gasteiger partial charge on any atom is -0.507 e. The van der Waals surface area contributed by atoms with Gasteiger partial charge >= 0.3 is 0 Å². The van der Waals surface area contributed by atoms with Crippen molar-refractivity contribution in [3.8, 4) is 17.2 Å². The van der Waals surface area contributed by atoms with Gasteiger partial charge in [-0.25, -0.2) is 0 Å². The molecule has 6 rings (SSSR count). The van der Waals surface area contributed by atoms with Gasteiger partial charge in [0, 0.05) is 42.0 Å². The number of nitrogens with zero attached hydrogens (tertiary/aromatic N) is 1. The zero-order chi connectivity index (χ0) is 27.6. The number of rotatable bonds is 8. The molecule has 1 spiro atoms. The fraction of sp³-hybridized carbons (Fsp3) is 0.548. The van der Waals surface area contributed by atoms with Gasteiger partial charge < -0.3 is 24.6 Å². The van der Waals surface area contributed by atoms with Gasteiger partial charge in [0.2, 0.25) is 0 Å². The molecular weight excluding hydrogens is 482 g/mol. The first-order chi connectivity index (χ1) is 18.0. The summed E-state index contributed by atoms with van der Waals surface area (Å²) in [6, 6.07) is 1.21. The topological polar surface area (TPSA) is 96.3 Å². The lowest BCUT2D eigenvalue weighted by Crippen LogP contribution is -2.74. The third kappa shape index (κ3) is 3.54. The SMILES string of the molecule is CCN(CC)C[C@@H]1[C@H]2CO[C@@]3(CC=C(C)C)C(=O)[C@@H]1C=C1C(=O)c4c(O)cc(O)c(CC=C(C)C)c4O[C@]123. The maximum absolute atomic E-state index is 14.3. The maximum Gasteiger partial charge on any atom is 0.200 e. The summed E-state index contributed by atoms with van der Waals surface area (Å²) in [7, 11) is 0. The van der Waals surface area contributed by atoms with Crippen LogP contribution in [0.5, 0.6) is 17.2 Å². The number of hydrogen-bond acceptors (Lipinski definition) is 7. The highest BCUT2D eigenvalue weighted by Crippen LogP contribution is 2.65. The van der Waals surface area contributed by atoms with E-state index in [1.54, 1.807) is 6.08 Å². The Kier molecular flexibility index (Phi) is 6.59. The summed E-state index contributed by atoms with van der Waals surface area (Å²) in [5.74, 6) is -1.47. The van der Waals surface area contributed by atoms with Crippen LogP contribution in [-0.2, 0) is 16.0 Å². The van der Waals surface area contributed by atoms with Crippen LogP contribution in [0.1, 0.15) is 63.9 Å². The van der Waals surface area contributed by atoms with Crippen LogP contribution in [-0.4, -0.2) is 64.1 Å². The van der Waals surface area contributed by atoms with Crippen LogP contribution in [0.15, 0.2) is 41.0 Å². The molecule has 2 N–H and O–H groups in total. The molecular formula is C31H39NO6. The molecule has 2 aliphatic heterocycles. The van der Waals surface area contributed by atoms with Crippen LogP contribution in [0, 0.1) is 17.8 Å². The third-order valence-corrected chi connectivity index (χ3v) is 9.01. The quantitative estimate of drug-likeness (QED) is 0.476. The fourth-order valence-electron chi connectivity index (χ4n) is 7.01. The summed E-state index contributed by atoms with van der Waals surface area (Å²) in [5, 5.41) is 21.7. The van der Waals surface area contributed by atoms with E-state index in [1.807, 2.05) is 39.8 Å². The smallest absolute Gasteiger partial charge is 0.200 e. The van der Waals surface area contributed by atoms with Gasteiger partial charge in [-0.2, -0.15) is 0 Å². The van der Waals surface area contributed by atoms with Crippen LogP contribution in [0.3, 0.4) is 0 Å². The first-order valence-electron chi connectivity index (χ1n) is 13.7. The molecule has 0 aromatic heterocycles. The lowest BCUT2D eigenvalue weighted by atomic mass is 9.49. The van der Waals surface area contributed by atoms with E-state index >= 15 is 0 Å². The van der Waals surface area contributed by atoms with Crippen molar-refractivity contribution < 1.29 is 29.3 Å². The van der Waals surface area contributed by atoms with E-state index in [0.29, 0.717) is 37.1 Å². The van der Waals surface area contributed by atoms with Crippen molar-refractivity contribution >= 4 is 11.6 Å². The molecule has 2 fully saturated rings. The molecule has 7 nitrogen and oxygen atoms in total. The van der Waals surface area contributed by atoms with E-state index in [2.05, 4.69) is 18.7 Å². The predicted octanol–water partition coefficient (Wildman–Crippen LogP) is 4.76. The van der Waals surface area contributed by atoms with E-state index < -0.39 is 17.1 Å². The van der Waals surface area contributed by atoms with Crippen molar-refractivity contribution in [2.24, 2.45) is 17.8 Å². The molecule has 4 bridgehead atoms. The summed E-state index contributed by atoms with van der Waals surface area (Å²) in [5.41, 5.74) is 0.307. The molecule has 2 heterocycles. The van der Waals surface area contributed by atoms with E-state index in [9.17, 15) is 19.8 Å². The second-order valence-electron chi connectivity index (χ2n) is 11.6. The summed E-state index contributed by atoms with van der Waals surface area (Å²) in [4.78, 5) is 30.8. The molecule has 1 aromatic carbocycles. The number of ether oxygens (including phenoxy) is 2. The number of carbonyl (C=O) groups is 2. The van der Waals surface area contributed by atoms with E-state index in [0.717, 1.165) is 24.2 Å². The predicted molar refractivity (Wildman–Crippen MR) is 145 cm³/mol. The monoisotopic (exact) mass is 521 g/mol. The Morgan fingerprint density at radius 1 is 1.08 bits per heavy atom. The zero-order valence-electron chi connectivity index (χ0n) is 23.3. The number of carbonyl (C=O) groups excluding carboxylic acids is 2. The molecule has 1 saturated heterocycles.